The number of carbonyl (C=O) groups excluding carboxylic acids is 1. The summed E-state index contributed by atoms with van der Waals surface area (Å²) in [5.74, 6) is 1.23. The number of fused-ring (bicyclic) bond motifs is 4. The Balaban J connectivity index is 0.000000569. The molecule has 0 unspecified atom stereocenters. The number of hydrogen-bond acceptors (Lipinski definition) is 5. The Hall–Kier alpha value is -2.61. The Morgan fingerprint density at radius 1 is 1.44 bits per heavy atom. The van der Waals surface area contributed by atoms with Crippen molar-refractivity contribution in [3.05, 3.63) is 23.9 Å². The lowest BCUT2D eigenvalue weighted by Crippen LogP contribution is -2.57. The van der Waals surface area contributed by atoms with Gasteiger partial charge in [0.25, 0.3) is 12.4 Å². The van der Waals surface area contributed by atoms with Crippen LogP contribution < -0.4 is 10.1 Å². The van der Waals surface area contributed by atoms with Crippen LogP contribution in [0.2, 0.25) is 0 Å². The van der Waals surface area contributed by atoms with Crippen molar-refractivity contribution in [3.8, 4) is 5.75 Å². The van der Waals surface area contributed by atoms with Crippen molar-refractivity contribution < 1.29 is 19.4 Å². The van der Waals surface area contributed by atoms with Crippen LogP contribution in [0.1, 0.15) is 23.3 Å². The largest absolute Gasteiger partial charge is 0.497 e. The molecular formula is C17H22N4O4. The fourth-order valence-corrected chi connectivity index (χ4v) is 3.66. The summed E-state index contributed by atoms with van der Waals surface area (Å²) in [6, 6.07) is 5.83. The Labute approximate surface area is 145 Å². The number of nitrogens with one attached hydrogen (secondary N) is 2. The summed E-state index contributed by atoms with van der Waals surface area (Å²) in [6.45, 7) is 3.04. The van der Waals surface area contributed by atoms with Crippen molar-refractivity contribution in [1.82, 2.24) is 20.4 Å². The van der Waals surface area contributed by atoms with Crippen molar-refractivity contribution in [2.24, 2.45) is 5.92 Å². The number of hydrogen-bond donors (Lipinski definition) is 3. The molecule has 1 amide bonds. The quantitative estimate of drug-likeness (QED) is 0.718. The average Bonchev–Trinajstić information content (AvgIpc) is 3.06. The van der Waals surface area contributed by atoms with Crippen LogP contribution in [0.5, 0.6) is 5.75 Å². The topological polar surface area (TPSA) is 108 Å². The van der Waals surface area contributed by atoms with Gasteiger partial charge >= 0.3 is 0 Å². The number of carboxylic acid groups (broad SMARTS) is 1. The van der Waals surface area contributed by atoms with E-state index >= 15 is 0 Å². The number of H-pyrrole nitrogens is 1. The van der Waals surface area contributed by atoms with Gasteiger partial charge in [0.2, 0.25) is 0 Å². The van der Waals surface area contributed by atoms with Gasteiger partial charge in [-0.15, -0.1) is 0 Å². The van der Waals surface area contributed by atoms with E-state index in [4.69, 9.17) is 14.6 Å². The van der Waals surface area contributed by atoms with Crippen LogP contribution in [0.4, 0.5) is 0 Å². The molecule has 8 heteroatoms. The zero-order valence-electron chi connectivity index (χ0n) is 14.1. The number of rotatable bonds is 3. The Bertz CT molecular complexity index is 752. The van der Waals surface area contributed by atoms with Crippen LogP contribution in [-0.2, 0) is 4.79 Å². The summed E-state index contributed by atoms with van der Waals surface area (Å²) in [5, 5.41) is 18.0. The van der Waals surface area contributed by atoms with Crippen molar-refractivity contribution in [3.63, 3.8) is 0 Å². The molecule has 3 saturated heterocycles. The third kappa shape index (κ3) is 3.58. The molecule has 3 fully saturated rings. The molecule has 1 aromatic heterocycles. The van der Waals surface area contributed by atoms with E-state index in [1.165, 1.54) is 25.9 Å². The van der Waals surface area contributed by atoms with Crippen LogP contribution >= 0.6 is 0 Å². The summed E-state index contributed by atoms with van der Waals surface area (Å²) >= 11 is 0. The Kier molecular flexibility index (Phi) is 5.18. The van der Waals surface area contributed by atoms with Crippen LogP contribution in [0, 0.1) is 5.92 Å². The molecule has 25 heavy (non-hydrogen) atoms. The van der Waals surface area contributed by atoms with Gasteiger partial charge in [-0.25, -0.2) is 0 Å². The standard InChI is InChI=1S/C16H20N4O2.CH2O2/c1-22-11-2-3-13-12(8-11)15(19-18-13)16(21)17-14-9-20-6-4-10(14)5-7-20;2-1-3/h2-3,8,10,14H,4-7,9H2,1H3,(H,17,21)(H,18,19);1H,(H,2,3)/t14-;/m1./s1. The first kappa shape index (κ1) is 17.2. The van der Waals surface area contributed by atoms with Gasteiger partial charge in [-0.1, -0.05) is 0 Å². The van der Waals surface area contributed by atoms with E-state index in [9.17, 15) is 4.79 Å². The second-order valence-corrected chi connectivity index (χ2v) is 6.31. The molecule has 0 radical (unpaired) electrons. The highest BCUT2D eigenvalue weighted by Crippen LogP contribution is 2.28. The first-order valence-electron chi connectivity index (χ1n) is 8.29. The molecule has 2 aromatic rings. The zero-order chi connectivity index (χ0) is 17.8. The lowest BCUT2D eigenvalue weighted by molar-refractivity contribution is -0.122. The van der Waals surface area contributed by atoms with Crippen molar-refractivity contribution in [2.75, 3.05) is 26.7 Å². The molecule has 3 aliphatic heterocycles. The maximum Gasteiger partial charge on any atom is 0.290 e. The lowest BCUT2D eigenvalue weighted by atomic mass is 9.84. The van der Waals surface area contributed by atoms with Gasteiger partial charge in [0.15, 0.2) is 5.69 Å². The van der Waals surface area contributed by atoms with Crippen molar-refractivity contribution >= 4 is 23.3 Å². The van der Waals surface area contributed by atoms with E-state index in [1.54, 1.807) is 7.11 Å². The van der Waals surface area contributed by atoms with Gasteiger partial charge in [-0.3, -0.25) is 14.7 Å². The highest BCUT2D eigenvalue weighted by Gasteiger charge is 2.35. The van der Waals surface area contributed by atoms with E-state index in [0.717, 1.165) is 23.2 Å². The normalized spacial score (nSPS) is 24.3. The molecule has 0 aliphatic carbocycles. The van der Waals surface area contributed by atoms with Crippen LogP contribution in [0.25, 0.3) is 10.9 Å². The number of benzene rings is 1. The predicted molar refractivity (Wildman–Crippen MR) is 91.8 cm³/mol. The molecule has 1 aromatic carbocycles. The molecule has 3 aliphatic rings. The molecule has 0 spiro atoms. The number of nitrogens with zero attached hydrogens (tertiary/aromatic N) is 2. The molecule has 2 bridgehead atoms. The third-order valence-electron chi connectivity index (χ3n) is 4.96. The van der Waals surface area contributed by atoms with Crippen LogP contribution in [0.3, 0.4) is 0 Å². The van der Waals surface area contributed by atoms with Crippen LogP contribution in [0.15, 0.2) is 18.2 Å². The van der Waals surface area contributed by atoms with Crippen molar-refractivity contribution in [1.29, 1.82) is 0 Å². The lowest BCUT2D eigenvalue weighted by Gasteiger charge is -2.44. The van der Waals surface area contributed by atoms with Gasteiger partial charge in [0.1, 0.15) is 5.75 Å². The molecule has 1 atom stereocenters. The fourth-order valence-electron chi connectivity index (χ4n) is 3.66. The van der Waals surface area contributed by atoms with E-state index in [0.29, 0.717) is 11.6 Å². The maximum atomic E-state index is 12.6. The van der Waals surface area contributed by atoms with Gasteiger partial charge in [-0.2, -0.15) is 5.10 Å². The minimum absolute atomic E-state index is 0.0988. The van der Waals surface area contributed by atoms with E-state index in [2.05, 4.69) is 20.4 Å². The molecule has 134 valence electrons. The number of methoxy groups -OCH3 is 1. The van der Waals surface area contributed by atoms with Crippen molar-refractivity contribution in [2.45, 2.75) is 18.9 Å². The minimum Gasteiger partial charge on any atom is -0.497 e. The number of carbonyl (C=O) groups is 2. The average molecular weight is 346 g/mol. The molecule has 3 N–H and O–H groups in total. The second kappa shape index (κ2) is 7.52. The number of ether oxygens (including phenoxy) is 1. The molecule has 4 heterocycles. The summed E-state index contributed by atoms with van der Waals surface area (Å²) < 4.78 is 5.24. The highest BCUT2D eigenvalue weighted by atomic mass is 16.5. The van der Waals surface area contributed by atoms with E-state index in [1.807, 2.05) is 18.2 Å². The van der Waals surface area contributed by atoms with Gasteiger partial charge < -0.3 is 20.1 Å². The number of piperidine rings is 3. The van der Waals surface area contributed by atoms with E-state index in [-0.39, 0.29) is 18.4 Å². The smallest absolute Gasteiger partial charge is 0.290 e. The van der Waals surface area contributed by atoms with E-state index < -0.39 is 0 Å². The van der Waals surface area contributed by atoms with Gasteiger partial charge in [0, 0.05) is 18.0 Å². The zero-order valence-corrected chi connectivity index (χ0v) is 14.1. The second-order valence-electron chi connectivity index (χ2n) is 6.31. The van der Waals surface area contributed by atoms with Gasteiger partial charge in [0.05, 0.1) is 12.6 Å². The summed E-state index contributed by atoms with van der Waals surface area (Å²) in [6.07, 6.45) is 2.36. The first-order chi connectivity index (χ1) is 12.2. The molecule has 5 rings (SSSR count). The summed E-state index contributed by atoms with van der Waals surface area (Å²) in [7, 11) is 1.62. The highest BCUT2D eigenvalue weighted by molar-refractivity contribution is 6.05. The number of aromatic amines is 1. The van der Waals surface area contributed by atoms with Gasteiger partial charge in [-0.05, 0) is 50.0 Å². The third-order valence-corrected chi connectivity index (χ3v) is 4.96. The molecule has 0 saturated carbocycles. The number of amides is 1. The van der Waals surface area contributed by atoms with Crippen LogP contribution in [-0.4, -0.2) is 65.4 Å². The summed E-state index contributed by atoms with van der Waals surface area (Å²) in [4.78, 5) is 23.4. The Morgan fingerprint density at radius 3 is 2.76 bits per heavy atom. The molecular weight excluding hydrogens is 324 g/mol. The molecule has 8 nitrogen and oxygen atoms in total. The maximum absolute atomic E-state index is 12.6. The first-order valence-corrected chi connectivity index (χ1v) is 8.29. The summed E-state index contributed by atoms with van der Waals surface area (Å²) in [5.41, 5.74) is 1.30. The Morgan fingerprint density at radius 2 is 2.16 bits per heavy atom. The monoisotopic (exact) mass is 346 g/mol. The number of aromatic nitrogens is 2. The predicted octanol–water partition coefficient (Wildman–Crippen LogP) is 1.10. The fraction of sp³-hybridized carbons (Fsp3) is 0.471. The minimum atomic E-state index is -0.250. The SMILES string of the molecule is COc1ccc2[nH]nc(C(=O)N[C@@H]3CN4CCC3CC4)c2c1.O=CO.